The highest BCUT2D eigenvalue weighted by Crippen LogP contribution is 2.32. The molecule has 0 atom stereocenters. The van der Waals surface area contributed by atoms with Gasteiger partial charge in [0, 0.05) is 35.3 Å². The van der Waals surface area contributed by atoms with Crippen LogP contribution in [0.2, 0.25) is 0 Å². The highest BCUT2D eigenvalue weighted by atomic mass is 79.9. The first-order chi connectivity index (χ1) is 20.0. The van der Waals surface area contributed by atoms with Crippen molar-refractivity contribution in [3.05, 3.63) is 87.2 Å². The van der Waals surface area contributed by atoms with E-state index in [0.717, 1.165) is 73.5 Å². The van der Waals surface area contributed by atoms with Gasteiger partial charge in [0.15, 0.2) is 0 Å². The normalized spacial score (nSPS) is 17.1. The average molecular weight is 633 g/mol. The largest absolute Gasteiger partial charge is 0.489 e. The van der Waals surface area contributed by atoms with Crippen molar-refractivity contribution in [1.29, 1.82) is 0 Å². The molecule has 6 rings (SSSR count). The fourth-order valence-electron chi connectivity index (χ4n) is 5.94. The number of nitrogens with zero attached hydrogens (tertiary/aromatic N) is 1. The Hall–Kier alpha value is -2.71. The van der Waals surface area contributed by atoms with Gasteiger partial charge in [-0.1, -0.05) is 48.0 Å². The van der Waals surface area contributed by atoms with Gasteiger partial charge in [0.1, 0.15) is 11.9 Å². The molecule has 2 N–H and O–H groups in total. The molecular formula is C34H38BrN3O2S. The van der Waals surface area contributed by atoms with E-state index in [1.165, 1.54) is 32.3 Å². The fourth-order valence-corrected chi connectivity index (χ4v) is 7.56. The molecule has 41 heavy (non-hydrogen) atoms. The van der Waals surface area contributed by atoms with Crippen molar-refractivity contribution in [2.24, 2.45) is 0 Å². The van der Waals surface area contributed by atoms with E-state index in [-0.39, 0.29) is 11.9 Å². The summed E-state index contributed by atoms with van der Waals surface area (Å²) in [5.41, 5.74) is 5.00. The molecule has 4 aromatic rings. The Morgan fingerprint density at radius 2 is 1.80 bits per heavy atom. The lowest BCUT2D eigenvalue weighted by atomic mass is 10.0. The molecule has 214 valence electrons. The van der Waals surface area contributed by atoms with Crippen molar-refractivity contribution in [3.63, 3.8) is 0 Å². The Morgan fingerprint density at radius 1 is 1.00 bits per heavy atom. The maximum absolute atomic E-state index is 12.9. The topological polar surface area (TPSA) is 53.6 Å². The van der Waals surface area contributed by atoms with E-state index in [4.69, 9.17) is 4.74 Å². The first kappa shape index (κ1) is 28.4. The van der Waals surface area contributed by atoms with Crippen LogP contribution in [0, 0.1) is 6.92 Å². The number of likely N-dealkylation sites (tertiary alicyclic amines) is 1. The van der Waals surface area contributed by atoms with Crippen LogP contribution in [-0.4, -0.2) is 49.1 Å². The lowest BCUT2D eigenvalue weighted by Crippen LogP contribution is -2.44. The summed E-state index contributed by atoms with van der Waals surface area (Å²) in [5.74, 6) is 1.06. The van der Waals surface area contributed by atoms with Crippen LogP contribution in [0.3, 0.4) is 0 Å². The van der Waals surface area contributed by atoms with Crippen molar-refractivity contribution in [3.8, 4) is 16.9 Å². The SMILES string of the molecule is Cc1cccc(-c2ccc3cc(CC(=O)NC4CCN(Cc5ccc(OC6CCNCC6)c(Br)c5)CC4)sc3c2)c1. The number of halogens is 1. The maximum atomic E-state index is 12.9. The standard InChI is InChI=1S/C34H38BrN3O2S/c1-23-3-2-4-25(17-23)26-6-7-27-19-30(41-33(27)20-26)21-34(39)37-28-11-15-38(16-12-28)22-24-5-8-32(31(35)18-24)40-29-9-13-36-14-10-29/h2-8,17-20,28-29,36H,9-16,21-22H2,1H3,(H,37,39). The van der Waals surface area contributed by atoms with E-state index < -0.39 is 0 Å². The van der Waals surface area contributed by atoms with E-state index in [0.29, 0.717) is 12.5 Å². The van der Waals surface area contributed by atoms with Gasteiger partial charge in [-0.15, -0.1) is 11.3 Å². The third-order valence-electron chi connectivity index (χ3n) is 8.19. The summed E-state index contributed by atoms with van der Waals surface area (Å²) < 4.78 is 8.49. The molecule has 1 amide bonds. The minimum Gasteiger partial charge on any atom is -0.489 e. The van der Waals surface area contributed by atoms with E-state index in [2.05, 4.69) is 105 Å². The molecule has 5 nitrogen and oxygen atoms in total. The van der Waals surface area contributed by atoms with Crippen LogP contribution in [0.15, 0.2) is 71.2 Å². The molecule has 0 radical (unpaired) electrons. The molecule has 0 saturated carbocycles. The second-order valence-corrected chi connectivity index (χ2v) is 13.5. The predicted octanol–water partition coefficient (Wildman–Crippen LogP) is 7.09. The van der Waals surface area contributed by atoms with Crippen LogP contribution in [-0.2, 0) is 17.8 Å². The summed E-state index contributed by atoms with van der Waals surface area (Å²) in [6.07, 6.45) is 4.81. The summed E-state index contributed by atoms with van der Waals surface area (Å²) in [4.78, 5) is 16.5. The Balaban J connectivity index is 0.975. The zero-order valence-electron chi connectivity index (χ0n) is 23.6. The van der Waals surface area contributed by atoms with Gasteiger partial charge >= 0.3 is 0 Å². The molecule has 0 bridgehead atoms. The zero-order valence-corrected chi connectivity index (χ0v) is 26.0. The fraction of sp³-hybridized carbons (Fsp3) is 0.382. The van der Waals surface area contributed by atoms with Crippen LogP contribution < -0.4 is 15.4 Å². The van der Waals surface area contributed by atoms with Crippen molar-refractivity contribution in [1.82, 2.24) is 15.5 Å². The first-order valence-electron chi connectivity index (χ1n) is 14.8. The molecule has 2 aliphatic rings. The number of amides is 1. The van der Waals surface area contributed by atoms with Gasteiger partial charge in [-0.2, -0.15) is 0 Å². The van der Waals surface area contributed by atoms with Gasteiger partial charge in [0.25, 0.3) is 0 Å². The van der Waals surface area contributed by atoms with Gasteiger partial charge in [0.2, 0.25) is 5.91 Å². The third-order valence-corrected chi connectivity index (χ3v) is 9.91. The number of nitrogens with one attached hydrogen (secondary N) is 2. The number of hydrogen-bond acceptors (Lipinski definition) is 5. The van der Waals surface area contributed by atoms with Gasteiger partial charge in [-0.25, -0.2) is 0 Å². The quantitative estimate of drug-likeness (QED) is 0.218. The highest BCUT2D eigenvalue weighted by molar-refractivity contribution is 9.10. The molecule has 0 aliphatic carbocycles. The van der Waals surface area contributed by atoms with E-state index >= 15 is 0 Å². The number of piperidine rings is 2. The monoisotopic (exact) mass is 631 g/mol. The van der Waals surface area contributed by atoms with Gasteiger partial charge in [-0.05, 0) is 108 Å². The minimum absolute atomic E-state index is 0.127. The van der Waals surface area contributed by atoms with E-state index in [1.807, 2.05) is 0 Å². The lowest BCUT2D eigenvalue weighted by molar-refractivity contribution is -0.121. The van der Waals surface area contributed by atoms with Crippen molar-refractivity contribution in [2.45, 2.75) is 57.7 Å². The number of carbonyl (C=O) groups is 1. The zero-order chi connectivity index (χ0) is 28.2. The number of rotatable bonds is 8. The summed E-state index contributed by atoms with van der Waals surface area (Å²) >= 11 is 5.45. The minimum atomic E-state index is 0.127. The molecule has 2 fully saturated rings. The maximum Gasteiger partial charge on any atom is 0.225 e. The molecule has 2 aliphatic heterocycles. The van der Waals surface area contributed by atoms with Crippen molar-refractivity contribution >= 4 is 43.3 Å². The van der Waals surface area contributed by atoms with Gasteiger partial charge in [0.05, 0.1) is 10.9 Å². The smallest absolute Gasteiger partial charge is 0.225 e. The third kappa shape index (κ3) is 7.39. The summed E-state index contributed by atoms with van der Waals surface area (Å²) in [7, 11) is 0. The number of thiophene rings is 1. The Bertz CT molecular complexity index is 1510. The Labute approximate surface area is 255 Å². The van der Waals surface area contributed by atoms with Crippen LogP contribution in [0.1, 0.15) is 41.7 Å². The van der Waals surface area contributed by atoms with Crippen LogP contribution in [0.5, 0.6) is 5.75 Å². The van der Waals surface area contributed by atoms with Crippen LogP contribution in [0.25, 0.3) is 21.2 Å². The average Bonchev–Trinajstić information content (AvgIpc) is 3.37. The second-order valence-electron chi connectivity index (χ2n) is 11.5. The lowest BCUT2D eigenvalue weighted by Gasteiger charge is -2.32. The van der Waals surface area contributed by atoms with Crippen LogP contribution >= 0.6 is 27.3 Å². The predicted molar refractivity (Wildman–Crippen MR) is 173 cm³/mol. The van der Waals surface area contributed by atoms with Gasteiger partial charge < -0.3 is 15.4 Å². The summed E-state index contributed by atoms with van der Waals surface area (Å²) in [6.45, 7) is 7.06. The van der Waals surface area contributed by atoms with Crippen molar-refractivity contribution in [2.75, 3.05) is 26.2 Å². The number of carbonyl (C=O) groups excluding carboxylic acids is 1. The van der Waals surface area contributed by atoms with E-state index in [9.17, 15) is 4.79 Å². The number of ether oxygens (including phenoxy) is 1. The molecule has 0 unspecified atom stereocenters. The van der Waals surface area contributed by atoms with E-state index in [1.54, 1.807) is 11.3 Å². The number of aryl methyl sites for hydroxylation is 1. The number of benzene rings is 3. The molecule has 1 aromatic heterocycles. The summed E-state index contributed by atoms with van der Waals surface area (Å²) in [6, 6.07) is 24.1. The second kappa shape index (κ2) is 13.1. The van der Waals surface area contributed by atoms with Crippen molar-refractivity contribution < 1.29 is 9.53 Å². The molecule has 0 spiro atoms. The molecule has 2 saturated heterocycles. The number of fused-ring (bicyclic) bond motifs is 1. The molecular weight excluding hydrogens is 594 g/mol. The Kier molecular flexibility index (Phi) is 9.06. The molecule has 3 aromatic carbocycles. The number of hydrogen-bond donors (Lipinski definition) is 2. The molecule has 3 heterocycles. The Morgan fingerprint density at radius 3 is 2.59 bits per heavy atom. The first-order valence-corrected chi connectivity index (χ1v) is 16.4. The highest BCUT2D eigenvalue weighted by Gasteiger charge is 2.22. The summed E-state index contributed by atoms with van der Waals surface area (Å²) in [5, 5.41) is 7.90. The van der Waals surface area contributed by atoms with Crippen LogP contribution in [0.4, 0.5) is 0 Å². The molecule has 7 heteroatoms. The van der Waals surface area contributed by atoms with Gasteiger partial charge in [-0.3, -0.25) is 9.69 Å².